The molecule has 0 aliphatic carbocycles. The Kier molecular flexibility index (Phi) is 12.2. The fraction of sp³-hybridized carbons (Fsp3) is 0.421. The summed E-state index contributed by atoms with van der Waals surface area (Å²) in [6.07, 6.45) is 0.936. The maximum absolute atomic E-state index is 6.73. The summed E-state index contributed by atoms with van der Waals surface area (Å²) in [7, 11) is 6.51. The molecule has 0 aromatic heterocycles. The molecule has 0 radical (unpaired) electrons. The number of hydrogen-bond acceptors (Lipinski definition) is 6. The van der Waals surface area contributed by atoms with Gasteiger partial charge in [0.2, 0.25) is 0 Å². The molecule has 4 aromatic carbocycles. The normalized spacial score (nSPS) is 18.7. The molecule has 0 bridgehead atoms. The Morgan fingerprint density at radius 3 is 2.30 bits per heavy atom. The fourth-order valence-corrected chi connectivity index (χ4v) is 6.09. The second kappa shape index (κ2) is 16.7. The molecule has 44 heavy (non-hydrogen) atoms. The van der Waals surface area contributed by atoms with Crippen molar-refractivity contribution in [3.8, 4) is 5.75 Å². The van der Waals surface area contributed by atoms with Crippen molar-refractivity contribution in [2.75, 3.05) is 67.1 Å². The van der Waals surface area contributed by atoms with Crippen LogP contribution in [0.5, 0.6) is 5.75 Å². The number of fused-ring (bicyclic) bond motifs is 1. The van der Waals surface area contributed by atoms with Crippen LogP contribution in [0, 0.1) is 5.92 Å². The van der Waals surface area contributed by atoms with Crippen LogP contribution in [-0.4, -0.2) is 83.0 Å². The van der Waals surface area contributed by atoms with Crippen molar-refractivity contribution >= 4 is 10.8 Å². The molecule has 1 saturated heterocycles. The van der Waals surface area contributed by atoms with Gasteiger partial charge in [0.05, 0.1) is 32.5 Å². The first kappa shape index (κ1) is 32.1. The van der Waals surface area contributed by atoms with Gasteiger partial charge < -0.3 is 29.3 Å². The molecule has 1 heterocycles. The minimum Gasteiger partial charge on any atom is -0.494 e. The standard InChI is InChI=1S/C38H49N3O3/c1-40(2)20-21-41(3)27-35-25-39-26-37(44-29-31-14-15-32-12-7-8-13-34(32)24-31)38(35)33-16-18-36(19-17-33)43-23-9-22-42-28-30-10-5-4-6-11-30/h4-8,10-19,24,35,37-39H,9,20-23,25-29H2,1-3H3/t35-,37-,38+/m0/s1. The van der Waals surface area contributed by atoms with Gasteiger partial charge in [-0.2, -0.15) is 0 Å². The predicted octanol–water partition coefficient (Wildman–Crippen LogP) is 6.21. The third kappa shape index (κ3) is 9.62. The van der Waals surface area contributed by atoms with E-state index in [1.165, 1.54) is 27.5 Å². The second-order valence-electron chi connectivity index (χ2n) is 12.3. The first-order chi connectivity index (χ1) is 21.5. The molecule has 0 amide bonds. The van der Waals surface area contributed by atoms with Crippen molar-refractivity contribution in [1.29, 1.82) is 0 Å². The van der Waals surface area contributed by atoms with E-state index in [-0.39, 0.29) is 6.10 Å². The van der Waals surface area contributed by atoms with Crippen molar-refractivity contribution < 1.29 is 14.2 Å². The van der Waals surface area contributed by atoms with Crippen LogP contribution in [-0.2, 0) is 22.7 Å². The van der Waals surface area contributed by atoms with Crippen molar-refractivity contribution in [2.45, 2.75) is 31.7 Å². The molecular formula is C38H49N3O3. The molecule has 6 heteroatoms. The zero-order chi connectivity index (χ0) is 30.6. The molecule has 6 nitrogen and oxygen atoms in total. The number of ether oxygens (including phenoxy) is 3. The molecule has 1 fully saturated rings. The zero-order valence-electron chi connectivity index (χ0n) is 26.7. The summed E-state index contributed by atoms with van der Waals surface area (Å²) in [5.74, 6) is 1.63. The minimum absolute atomic E-state index is 0.0796. The van der Waals surface area contributed by atoms with E-state index in [1.807, 2.05) is 18.2 Å². The molecule has 1 N–H and O–H groups in total. The highest BCUT2D eigenvalue weighted by molar-refractivity contribution is 5.82. The summed E-state index contributed by atoms with van der Waals surface area (Å²) >= 11 is 0. The van der Waals surface area contributed by atoms with E-state index < -0.39 is 0 Å². The monoisotopic (exact) mass is 595 g/mol. The summed E-state index contributed by atoms with van der Waals surface area (Å²) in [5, 5.41) is 6.20. The second-order valence-corrected chi connectivity index (χ2v) is 12.3. The number of likely N-dealkylation sites (N-methyl/N-ethyl adjacent to an activating group) is 2. The first-order valence-corrected chi connectivity index (χ1v) is 16.0. The molecule has 1 aliphatic heterocycles. The molecule has 1 aliphatic rings. The lowest BCUT2D eigenvalue weighted by molar-refractivity contribution is -0.0105. The van der Waals surface area contributed by atoms with Gasteiger partial charge in [-0.25, -0.2) is 0 Å². The van der Waals surface area contributed by atoms with Gasteiger partial charge in [-0.3, -0.25) is 0 Å². The fourth-order valence-electron chi connectivity index (χ4n) is 6.09. The van der Waals surface area contributed by atoms with E-state index in [9.17, 15) is 0 Å². The average molecular weight is 596 g/mol. The minimum atomic E-state index is 0.0796. The Bertz CT molecular complexity index is 1400. The molecule has 4 aromatic rings. The number of nitrogens with one attached hydrogen (secondary N) is 1. The number of rotatable bonds is 16. The topological polar surface area (TPSA) is 46.2 Å². The highest BCUT2D eigenvalue weighted by atomic mass is 16.5. The highest BCUT2D eigenvalue weighted by Crippen LogP contribution is 2.34. The molecule has 0 saturated carbocycles. The predicted molar refractivity (Wildman–Crippen MR) is 180 cm³/mol. The Morgan fingerprint density at radius 1 is 0.727 bits per heavy atom. The van der Waals surface area contributed by atoms with Crippen molar-refractivity contribution in [2.24, 2.45) is 5.92 Å². The van der Waals surface area contributed by atoms with Gasteiger partial charge >= 0.3 is 0 Å². The maximum atomic E-state index is 6.73. The van der Waals surface area contributed by atoms with Crippen LogP contribution in [0.4, 0.5) is 0 Å². The van der Waals surface area contributed by atoms with Crippen LogP contribution in [0.3, 0.4) is 0 Å². The van der Waals surface area contributed by atoms with E-state index in [2.05, 4.69) is 115 Å². The molecule has 5 rings (SSSR count). The van der Waals surface area contributed by atoms with Gasteiger partial charge in [0, 0.05) is 38.5 Å². The number of nitrogens with zero attached hydrogens (tertiary/aromatic N) is 2. The molecule has 234 valence electrons. The van der Waals surface area contributed by atoms with E-state index >= 15 is 0 Å². The Hall–Kier alpha value is -3.26. The third-order valence-electron chi connectivity index (χ3n) is 8.49. The maximum Gasteiger partial charge on any atom is 0.119 e. The van der Waals surface area contributed by atoms with Gasteiger partial charge in [0.25, 0.3) is 0 Å². The summed E-state index contributed by atoms with van der Waals surface area (Å²) in [5.41, 5.74) is 3.73. The average Bonchev–Trinajstić information content (AvgIpc) is 3.05. The van der Waals surface area contributed by atoms with E-state index in [0.29, 0.717) is 38.3 Å². The molecule has 0 spiro atoms. The summed E-state index contributed by atoms with van der Waals surface area (Å²) in [6.45, 7) is 7.49. The van der Waals surface area contributed by atoms with E-state index in [4.69, 9.17) is 14.2 Å². The lowest BCUT2D eigenvalue weighted by Gasteiger charge is -2.40. The Balaban J connectivity index is 1.20. The summed E-state index contributed by atoms with van der Waals surface area (Å²) < 4.78 is 18.6. The number of hydrogen-bond donors (Lipinski definition) is 1. The lowest BCUT2D eigenvalue weighted by atomic mass is 9.78. The smallest absolute Gasteiger partial charge is 0.119 e. The first-order valence-electron chi connectivity index (χ1n) is 16.0. The van der Waals surface area contributed by atoms with Gasteiger partial charge in [-0.15, -0.1) is 0 Å². The number of piperidine rings is 1. The largest absolute Gasteiger partial charge is 0.494 e. The zero-order valence-corrected chi connectivity index (χ0v) is 26.7. The SMILES string of the molecule is CN(C)CCN(C)C[C@@H]1CNC[C@H](OCc2ccc3ccccc3c2)[C@@H]1c1ccc(OCCCOCc2ccccc2)cc1. The Labute approximate surface area is 263 Å². The van der Waals surface area contributed by atoms with E-state index in [0.717, 1.165) is 44.9 Å². The molecule has 3 atom stereocenters. The summed E-state index contributed by atoms with van der Waals surface area (Å²) in [6, 6.07) is 34.2. The van der Waals surface area contributed by atoms with Crippen molar-refractivity contribution in [3.05, 3.63) is 114 Å². The van der Waals surface area contributed by atoms with E-state index in [1.54, 1.807) is 0 Å². The molecule has 0 unspecified atom stereocenters. The van der Waals surface area contributed by atoms with Crippen LogP contribution in [0.15, 0.2) is 97.1 Å². The van der Waals surface area contributed by atoms with Gasteiger partial charge in [-0.1, -0.05) is 78.9 Å². The van der Waals surface area contributed by atoms with Crippen molar-refractivity contribution in [1.82, 2.24) is 15.1 Å². The van der Waals surface area contributed by atoms with Crippen LogP contribution < -0.4 is 10.1 Å². The quantitative estimate of drug-likeness (QED) is 0.156. The lowest BCUT2D eigenvalue weighted by Crippen LogP contribution is -2.50. The van der Waals surface area contributed by atoms with Gasteiger partial charge in [0.15, 0.2) is 0 Å². The van der Waals surface area contributed by atoms with Crippen LogP contribution in [0.2, 0.25) is 0 Å². The Morgan fingerprint density at radius 2 is 1.50 bits per heavy atom. The number of benzene rings is 4. The summed E-state index contributed by atoms with van der Waals surface area (Å²) in [4.78, 5) is 4.71. The van der Waals surface area contributed by atoms with Crippen LogP contribution in [0.1, 0.15) is 29.0 Å². The van der Waals surface area contributed by atoms with Crippen LogP contribution in [0.25, 0.3) is 10.8 Å². The molecular weight excluding hydrogens is 546 g/mol. The van der Waals surface area contributed by atoms with Gasteiger partial charge in [0.1, 0.15) is 5.75 Å². The third-order valence-corrected chi connectivity index (χ3v) is 8.49. The van der Waals surface area contributed by atoms with Gasteiger partial charge in [-0.05, 0) is 79.3 Å². The van der Waals surface area contributed by atoms with Crippen LogP contribution >= 0.6 is 0 Å². The highest BCUT2D eigenvalue weighted by Gasteiger charge is 2.35. The van der Waals surface area contributed by atoms with Crippen molar-refractivity contribution in [3.63, 3.8) is 0 Å².